The zero-order valence-electron chi connectivity index (χ0n) is 27.2. The van der Waals surface area contributed by atoms with Gasteiger partial charge < -0.3 is 46.2 Å². The fraction of sp³-hybridized carbons (Fsp3) is 0.500. The van der Waals surface area contributed by atoms with E-state index in [4.69, 9.17) is 21.4 Å². The molecule has 48 heavy (non-hydrogen) atoms. The van der Waals surface area contributed by atoms with Gasteiger partial charge in [-0.3, -0.25) is 4.98 Å². The molecule has 2 saturated carbocycles. The summed E-state index contributed by atoms with van der Waals surface area (Å²) in [5.74, 6) is 0.919. The Labute approximate surface area is 286 Å². The fourth-order valence-electron chi connectivity index (χ4n) is 5.87. The number of aromatic nitrogens is 1. The van der Waals surface area contributed by atoms with Crippen LogP contribution in [0.2, 0.25) is 5.02 Å². The average molecular weight is 683 g/mol. The maximum absolute atomic E-state index is 12.1. The van der Waals surface area contributed by atoms with E-state index in [1.165, 1.54) is 5.56 Å². The monoisotopic (exact) mass is 682 g/mol. The molecule has 0 saturated heterocycles. The molecule has 2 aliphatic carbocycles. The number of benzene rings is 2. The lowest BCUT2D eigenvalue weighted by Gasteiger charge is -2.25. The fourth-order valence-corrected chi connectivity index (χ4v) is 6.13. The predicted molar refractivity (Wildman–Crippen MR) is 183 cm³/mol. The SMILES string of the molecule is Cc1cc(CNC2(c3cnccc3-c3ccccc3OC3CC3)CC2)c(Cl)cc1CCCCNC(=O)NC[C@@H](O)[C@H](O)[C@@H](O)[C@@H](O)CO. The zero-order chi connectivity index (χ0) is 34.3. The molecular weight excluding hydrogens is 636 g/mol. The third-order valence-corrected chi connectivity index (χ3v) is 9.51. The van der Waals surface area contributed by atoms with E-state index in [-0.39, 0.29) is 12.1 Å². The predicted octanol–water partition coefficient (Wildman–Crippen LogP) is 3.09. The standard InChI is InChI=1S/C36H47ClN4O7/c1-22-16-24(29(37)17-23(22)6-4-5-14-39-35(47)40-20-30(43)33(45)34(46)31(44)21-42)18-41-36(12-13-36)28-19-38-15-11-26(28)27-7-2-3-8-32(27)48-25-9-10-25/h2-3,7-8,11,15-17,19,25,30-31,33-34,41-46H,4-6,9-10,12-14,18,20-21H2,1H3,(H2,39,40,47)/t30-,31+,33+,34+/m1/s1. The number of nitrogens with zero attached hydrogens (tertiary/aromatic N) is 1. The highest BCUT2D eigenvalue weighted by atomic mass is 35.5. The molecule has 2 aromatic carbocycles. The van der Waals surface area contributed by atoms with Crippen molar-refractivity contribution < 1.29 is 35.1 Å². The van der Waals surface area contributed by atoms with Gasteiger partial charge in [0.2, 0.25) is 0 Å². The number of aryl methyl sites for hydroxylation is 2. The normalized spacial score (nSPS) is 17.6. The Kier molecular flexibility index (Phi) is 12.3. The van der Waals surface area contributed by atoms with Crippen LogP contribution in [-0.4, -0.2) is 86.8 Å². The van der Waals surface area contributed by atoms with Crippen molar-refractivity contribution in [3.63, 3.8) is 0 Å². The third kappa shape index (κ3) is 9.23. The molecule has 2 amide bonds. The maximum atomic E-state index is 12.1. The number of aliphatic hydroxyl groups is 5. The molecule has 3 aromatic rings. The van der Waals surface area contributed by atoms with Gasteiger partial charge >= 0.3 is 6.03 Å². The molecule has 1 aromatic heterocycles. The molecule has 1 heterocycles. The molecule has 12 heteroatoms. The first kappa shape index (κ1) is 36.0. The number of nitrogens with one attached hydrogen (secondary N) is 3. The van der Waals surface area contributed by atoms with E-state index in [9.17, 15) is 25.2 Å². The van der Waals surface area contributed by atoms with Gasteiger partial charge in [-0.15, -0.1) is 0 Å². The number of amides is 2. The summed E-state index contributed by atoms with van der Waals surface area (Å²) < 4.78 is 6.25. The van der Waals surface area contributed by atoms with Crippen LogP contribution in [0.1, 0.15) is 60.8 Å². The first-order valence-corrected chi connectivity index (χ1v) is 17.1. The number of carbonyl (C=O) groups excluding carboxylic acids is 1. The van der Waals surface area contributed by atoms with Crippen LogP contribution in [0.4, 0.5) is 4.79 Å². The van der Waals surface area contributed by atoms with Gasteiger partial charge in [-0.2, -0.15) is 0 Å². The number of aliphatic hydroxyl groups excluding tert-OH is 5. The van der Waals surface area contributed by atoms with E-state index in [1.54, 1.807) is 0 Å². The highest BCUT2D eigenvalue weighted by Gasteiger charge is 2.46. The number of hydrogen-bond donors (Lipinski definition) is 8. The summed E-state index contributed by atoms with van der Waals surface area (Å²) in [6.07, 6.45) is 4.10. The Bertz CT molecular complexity index is 1530. The number of hydrogen-bond acceptors (Lipinski definition) is 9. The number of rotatable bonds is 18. The van der Waals surface area contributed by atoms with Gasteiger partial charge in [0.1, 0.15) is 24.1 Å². The van der Waals surface area contributed by atoms with Crippen LogP contribution < -0.4 is 20.7 Å². The largest absolute Gasteiger partial charge is 0.490 e. The molecule has 260 valence electrons. The van der Waals surface area contributed by atoms with E-state index in [2.05, 4.69) is 52.1 Å². The Morgan fingerprint density at radius 1 is 1.00 bits per heavy atom. The van der Waals surface area contributed by atoms with Crippen LogP contribution >= 0.6 is 11.6 Å². The number of ether oxygens (including phenoxy) is 1. The second kappa shape index (κ2) is 16.4. The van der Waals surface area contributed by atoms with Crippen molar-refractivity contribution in [2.24, 2.45) is 0 Å². The van der Waals surface area contributed by atoms with E-state index < -0.39 is 37.1 Å². The van der Waals surface area contributed by atoms with Gasteiger partial charge in [0.05, 0.1) is 18.8 Å². The molecule has 0 aliphatic heterocycles. The van der Waals surface area contributed by atoms with Crippen LogP contribution in [0.5, 0.6) is 5.75 Å². The van der Waals surface area contributed by atoms with Crippen molar-refractivity contribution in [1.29, 1.82) is 0 Å². The van der Waals surface area contributed by atoms with Gasteiger partial charge in [-0.05, 0) is 97.9 Å². The smallest absolute Gasteiger partial charge is 0.314 e. The second-order valence-corrected chi connectivity index (χ2v) is 13.3. The van der Waals surface area contributed by atoms with Gasteiger partial charge in [-0.25, -0.2) is 4.79 Å². The second-order valence-electron chi connectivity index (χ2n) is 12.9. The number of halogens is 1. The molecule has 11 nitrogen and oxygen atoms in total. The lowest BCUT2D eigenvalue weighted by atomic mass is 9.94. The summed E-state index contributed by atoms with van der Waals surface area (Å²) in [5, 5.41) is 57.4. The van der Waals surface area contributed by atoms with Gasteiger partial charge in [0.15, 0.2) is 0 Å². The van der Waals surface area contributed by atoms with Crippen molar-refractivity contribution in [2.75, 3.05) is 19.7 Å². The third-order valence-electron chi connectivity index (χ3n) is 9.16. The van der Waals surface area contributed by atoms with E-state index >= 15 is 0 Å². The summed E-state index contributed by atoms with van der Waals surface area (Å²) >= 11 is 6.79. The summed E-state index contributed by atoms with van der Waals surface area (Å²) in [6, 6.07) is 14.0. The van der Waals surface area contributed by atoms with Crippen LogP contribution in [-0.2, 0) is 18.5 Å². The Morgan fingerprint density at radius 3 is 2.48 bits per heavy atom. The number of unbranched alkanes of at least 4 members (excludes halogenated alkanes) is 1. The minimum atomic E-state index is -1.74. The Morgan fingerprint density at radius 2 is 1.75 bits per heavy atom. The summed E-state index contributed by atoms with van der Waals surface area (Å²) in [6.45, 7) is 2.00. The minimum absolute atomic E-state index is 0.174. The Hall–Kier alpha value is -3.29. The lowest BCUT2D eigenvalue weighted by Crippen LogP contribution is -2.50. The highest BCUT2D eigenvalue weighted by molar-refractivity contribution is 6.31. The highest BCUT2D eigenvalue weighted by Crippen LogP contribution is 2.50. The molecule has 5 rings (SSSR count). The van der Waals surface area contributed by atoms with E-state index in [0.717, 1.165) is 72.1 Å². The van der Waals surface area contributed by atoms with Crippen molar-refractivity contribution in [1.82, 2.24) is 20.9 Å². The van der Waals surface area contributed by atoms with Crippen LogP contribution in [0.15, 0.2) is 54.9 Å². The Balaban J connectivity index is 1.09. The van der Waals surface area contributed by atoms with Crippen molar-refractivity contribution in [2.45, 2.75) is 94.5 Å². The molecule has 0 unspecified atom stereocenters. The number of carbonyl (C=O) groups is 1. The summed E-state index contributed by atoms with van der Waals surface area (Å²) in [7, 11) is 0. The summed E-state index contributed by atoms with van der Waals surface area (Å²) in [4.78, 5) is 16.6. The molecule has 2 aliphatic rings. The van der Waals surface area contributed by atoms with Crippen LogP contribution in [0.3, 0.4) is 0 Å². The first-order valence-electron chi connectivity index (χ1n) is 16.7. The van der Waals surface area contributed by atoms with Crippen LogP contribution in [0, 0.1) is 6.92 Å². The van der Waals surface area contributed by atoms with Gasteiger partial charge in [-0.1, -0.05) is 35.9 Å². The topological polar surface area (TPSA) is 176 Å². The molecule has 0 spiro atoms. The van der Waals surface area contributed by atoms with Crippen LogP contribution in [0.25, 0.3) is 11.1 Å². The number of urea groups is 1. The molecule has 0 bridgehead atoms. The minimum Gasteiger partial charge on any atom is -0.490 e. The maximum Gasteiger partial charge on any atom is 0.314 e. The molecule has 2 fully saturated rings. The average Bonchev–Trinajstić information content (AvgIpc) is 4.04. The number of pyridine rings is 1. The molecule has 4 atom stereocenters. The zero-order valence-corrected chi connectivity index (χ0v) is 28.0. The quantitative estimate of drug-likeness (QED) is 0.0938. The molecular formula is C36H47ClN4O7. The van der Waals surface area contributed by atoms with E-state index in [0.29, 0.717) is 30.6 Å². The van der Waals surface area contributed by atoms with E-state index in [1.807, 2.05) is 30.6 Å². The van der Waals surface area contributed by atoms with Gasteiger partial charge in [0, 0.05) is 48.2 Å². The van der Waals surface area contributed by atoms with Crippen molar-refractivity contribution in [3.8, 4) is 16.9 Å². The number of para-hydroxylation sites is 1. The molecule has 8 N–H and O–H groups in total. The molecule has 0 radical (unpaired) electrons. The summed E-state index contributed by atoms with van der Waals surface area (Å²) in [5.41, 5.74) is 6.58. The first-order chi connectivity index (χ1) is 23.1. The van der Waals surface area contributed by atoms with Gasteiger partial charge in [0.25, 0.3) is 0 Å². The van der Waals surface area contributed by atoms with Crippen molar-refractivity contribution in [3.05, 3.63) is 82.1 Å². The van der Waals surface area contributed by atoms with Crippen molar-refractivity contribution >= 4 is 17.6 Å². The lowest BCUT2D eigenvalue weighted by molar-refractivity contribution is -0.113.